The summed E-state index contributed by atoms with van der Waals surface area (Å²) < 4.78 is 29.5. The van der Waals surface area contributed by atoms with Gasteiger partial charge in [-0.05, 0) is 19.1 Å². The maximum atomic E-state index is 12.0. The maximum Gasteiger partial charge on any atom is 0.319 e. The number of carbonyl (C=O) groups is 1. The van der Waals surface area contributed by atoms with Crippen molar-refractivity contribution in [1.82, 2.24) is 4.98 Å². The normalized spacial score (nSPS) is 12.8. The molecule has 1 atom stereocenters. The number of pyridine rings is 1. The van der Waals surface area contributed by atoms with Crippen molar-refractivity contribution in [3.8, 4) is 0 Å². The van der Waals surface area contributed by atoms with Crippen molar-refractivity contribution in [1.29, 1.82) is 0 Å². The molecule has 1 aromatic heterocycles. The minimum absolute atomic E-state index is 0.294. The number of anilines is 1. The van der Waals surface area contributed by atoms with E-state index in [-0.39, 0.29) is 0 Å². The second-order valence-electron chi connectivity index (χ2n) is 3.37. The number of aromatic nitrogens is 1. The second kappa shape index (κ2) is 6.05. The number of ether oxygens (including phenoxy) is 1. The van der Waals surface area contributed by atoms with Crippen LogP contribution in [0, 0.1) is 0 Å². The highest BCUT2D eigenvalue weighted by molar-refractivity contribution is 8.72. The Labute approximate surface area is 110 Å². The number of hydrogen-bond acceptors (Lipinski definition) is 6. The summed E-state index contributed by atoms with van der Waals surface area (Å²) in [5.41, 5.74) is 0. The van der Waals surface area contributed by atoms with Gasteiger partial charge in [0.2, 0.25) is 0 Å². The molecule has 0 fully saturated rings. The number of hydrogen-bond donors (Lipinski definition) is 0. The van der Waals surface area contributed by atoms with E-state index in [9.17, 15) is 13.2 Å². The van der Waals surface area contributed by atoms with Gasteiger partial charge < -0.3 is 4.74 Å². The number of nitrogens with zero attached hydrogens (tertiary/aromatic N) is 2. The molecule has 18 heavy (non-hydrogen) atoms. The molecular weight excluding hydrogens is 276 g/mol. The Hall–Kier alpha value is -1.28. The molecule has 1 aromatic rings. The fourth-order valence-electron chi connectivity index (χ4n) is 1.11. The van der Waals surface area contributed by atoms with Crippen molar-refractivity contribution >= 4 is 31.6 Å². The first-order valence-electron chi connectivity index (χ1n) is 5.04. The maximum absolute atomic E-state index is 12.0. The van der Waals surface area contributed by atoms with E-state index in [1.165, 1.54) is 27.3 Å². The summed E-state index contributed by atoms with van der Waals surface area (Å²) >= 11 is 0. The van der Waals surface area contributed by atoms with Gasteiger partial charge in [0.1, 0.15) is 11.1 Å². The van der Waals surface area contributed by atoms with Crippen molar-refractivity contribution in [3.63, 3.8) is 0 Å². The number of carbonyl (C=O) groups excluding carboxylic acids is 1. The topological polar surface area (TPSA) is 76.6 Å². The summed E-state index contributed by atoms with van der Waals surface area (Å²) in [5.74, 6) is -0.292. The van der Waals surface area contributed by atoms with Gasteiger partial charge in [0.05, 0.1) is 7.11 Å². The van der Waals surface area contributed by atoms with Crippen molar-refractivity contribution in [2.75, 3.05) is 18.5 Å². The molecule has 100 valence electrons. The fourth-order valence-corrected chi connectivity index (χ4v) is 4.06. The molecule has 8 heteroatoms. The number of esters is 1. The molecule has 1 unspecified atom stereocenters. The molecule has 0 aliphatic carbocycles. The van der Waals surface area contributed by atoms with Crippen LogP contribution in [0.2, 0.25) is 0 Å². The van der Waals surface area contributed by atoms with Gasteiger partial charge in [0.15, 0.2) is 0 Å². The van der Waals surface area contributed by atoms with E-state index in [2.05, 4.69) is 9.72 Å². The summed E-state index contributed by atoms with van der Waals surface area (Å²) in [5, 5.41) is -0.800. The van der Waals surface area contributed by atoms with Gasteiger partial charge in [-0.1, -0.05) is 6.07 Å². The third-order valence-corrected chi connectivity index (χ3v) is 5.96. The SMILES string of the molecule is COC(=O)C(C)SS(=O)(=O)N(C)c1ccccn1. The van der Waals surface area contributed by atoms with Gasteiger partial charge in [-0.3, -0.25) is 4.79 Å². The predicted molar refractivity (Wildman–Crippen MR) is 70.6 cm³/mol. The molecule has 0 spiro atoms. The zero-order chi connectivity index (χ0) is 13.8. The third kappa shape index (κ3) is 3.61. The minimum atomic E-state index is -3.68. The smallest absolute Gasteiger partial charge is 0.319 e. The second-order valence-corrected chi connectivity index (χ2v) is 7.52. The molecule has 0 saturated carbocycles. The van der Waals surface area contributed by atoms with Crippen LogP contribution < -0.4 is 4.31 Å². The highest BCUT2D eigenvalue weighted by Crippen LogP contribution is 2.26. The van der Waals surface area contributed by atoms with Gasteiger partial charge in [0, 0.05) is 24.0 Å². The van der Waals surface area contributed by atoms with Crippen LogP contribution in [0.25, 0.3) is 0 Å². The molecule has 0 radical (unpaired) electrons. The van der Waals surface area contributed by atoms with E-state index in [0.29, 0.717) is 16.6 Å². The van der Waals surface area contributed by atoms with Crippen LogP contribution in [0.3, 0.4) is 0 Å². The zero-order valence-corrected chi connectivity index (χ0v) is 11.9. The van der Waals surface area contributed by atoms with E-state index in [0.717, 1.165) is 4.31 Å². The van der Waals surface area contributed by atoms with Gasteiger partial charge in [-0.15, -0.1) is 0 Å². The van der Waals surface area contributed by atoms with E-state index in [1.54, 1.807) is 18.2 Å². The lowest BCUT2D eigenvalue weighted by molar-refractivity contribution is -0.139. The molecule has 0 aliphatic heterocycles. The summed E-state index contributed by atoms with van der Waals surface area (Å²) in [7, 11) is -0.560. The molecule has 1 heterocycles. The van der Waals surface area contributed by atoms with Gasteiger partial charge in [0.25, 0.3) is 9.06 Å². The Balaban J connectivity index is 2.85. The van der Waals surface area contributed by atoms with Crippen LogP contribution in [-0.2, 0) is 18.6 Å². The van der Waals surface area contributed by atoms with E-state index < -0.39 is 20.3 Å². The highest BCUT2D eigenvalue weighted by Gasteiger charge is 2.27. The molecule has 0 amide bonds. The van der Waals surface area contributed by atoms with Crippen molar-refractivity contribution in [2.45, 2.75) is 12.2 Å². The van der Waals surface area contributed by atoms with Crippen LogP contribution in [0.1, 0.15) is 6.92 Å². The van der Waals surface area contributed by atoms with E-state index >= 15 is 0 Å². The Kier molecular flexibility index (Phi) is 4.97. The summed E-state index contributed by atoms with van der Waals surface area (Å²) in [6, 6.07) is 4.94. The predicted octanol–water partition coefficient (Wildman–Crippen LogP) is 1.06. The monoisotopic (exact) mass is 290 g/mol. The fraction of sp³-hybridized carbons (Fsp3) is 0.400. The molecular formula is C10H14N2O4S2. The Morgan fingerprint density at radius 2 is 2.17 bits per heavy atom. The molecule has 0 aliphatic rings. The molecule has 1 rings (SSSR count). The van der Waals surface area contributed by atoms with Crippen molar-refractivity contribution in [2.24, 2.45) is 0 Å². The molecule has 6 nitrogen and oxygen atoms in total. The third-order valence-electron chi connectivity index (χ3n) is 2.11. The van der Waals surface area contributed by atoms with Crippen LogP contribution in [0.5, 0.6) is 0 Å². The summed E-state index contributed by atoms with van der Waals surface area (Å²) in [6.45, 7) is 1.47. The average molecular weight is 290 g/mol. The standard InChI is InChI=1S/C10H14N2O4S2/c1-8(10(13)16-3)17-18(14,15)12(2)9-6-4-5-7-11-9/h4-8H,1-3H3. The lowest BCUT2D eigenvalue weighted by Crippen LogP contribution is -2.28. The molecule has 0 N–H and O–H groups in total. The van der Waals surface area contributed by atoms with Crippen molar-refractivity contribution < 1.29 is 17.9 Å². The quantitative estimate of drug-likeness (QED) is 0.596. The zero-order valence-electron chi connectivity index (χ0n) is 10.2. The molecule has 0 saturated heterocycles. The van der Waals surface area contributed by atoms with Crippen LogP contribution in [0.4, 0.5) is 5.82 Å². The van der Waals surface area contributed by atoms with Crippen molar-refractivity contribution in [3.05, 3.63) is 24.4 Å². The Morgan fingerprint density at radius 3 is 2.67 bits per heavy atom. The van der Waals surface area contributed by atoms with E-state index in [1.807, 2.05) is 0 Å². The summed E-state index contributed by atoms with van der Waals surface area (Å²) in [6.07, 6.45) is 1.50. The molecule has 0 bridgehead atoms. The average Bonchev–Trinajstić information content (AvgIpc) is 2.37. The Morgan fingerprint density at radius 1 is 1.50 bits per heavy atom. The highest BCUT2D eigenvalue weighted by atomic mass is 33.1. The minimum Gasteiger partial charge on any atom is -0.468 e. The number of methoxy groups -OCH3 is 1. The van der Waals surface area contributed by atoms with Gasteiger partial charge >= 0.3 is 5.97 Å². The Bertz CT molecular complexity index is 504. The first kappa shape index (κ1) is 14.8. The lowest BCUT2D eigenvalue weighted by Gasteiger charge is -2.18. The first-order valence-corrected chi connectivity index (χ1v) is 7.88. The van der Waals surface area contributed by atoms with Crippen LogP contribution >= 0.6 is 10.8 Å². The van der Waals surface area contributed by atoms with Crippen LogP contribution in [0.15, 0.2) is 24.4 Å². The summed E-state index contributed by atoms with van der Waals surface area (Å²) in [4.78, 5) is 15.1. The largest absolute Gasteiger partial charge is 0.468 e. The lowest BCUT2D eigenvalue weighted by atomic mass is 10.5. The number of rotatable bonds is 5. The van der Waals surface area contributed by atoms with Crippen LogP contribution in [-0.4, -0.2) is 38.8 Å². The first-order chi connectivity index (χ1) is 8.38. The molecule has 0 aromatic carbocycles. The van der Waals surface area contributed by atoms with E-state index in [4.69, 9.17) is 0 Å². The van der Waals surface area contributed by atoms with Gasteiger partial charge in [-0.2, -0.15) is 8.42 Å². The van der Waals surface area contributed by atoms with Gasteiger partial charge in [-0.25, -0.2) is 9.29 Å².